The molecular weight excluding hydrogens is 269 g/mol. The van der Waals surface area contributed by atoms with Crippen molar-refractivity contribution in [2.24, 2.45) is 0 Å². The third kappa shape index (κ3) is 2.69. The van der Waals surface area contributed by atoms with Crippen LogP contribution in [0.2, 0.25) is 5.02 Å². The fourth-order valence-electron chi connectivity index (χ4n) is 1.68. The van der Waals surface area contributed by atoms with Gasteiger partial charge in [0.1, 0.15) is 11.6 Å². The zero-order chi connectivity index (χ0) is 14.0. The molecule has 2 N–H and O–H groups in total. The number of methoxy groups -OCH3 is 1. The number of hydrogen-bond donors (Lipinski definition) is 1. The van der Waals surface area contributed by atoms with Gasteiger partial charge < -0.3 is 10.5 Å². The number of hydrogen-bond acceptors (Lipinski definition) is 3. The van der Waals surface area contributed by atoms with Crippen molar-refractivity contribution in [2.45, 2.75) is 0 Å². The first-order valence-electron chi connectivity index (χ1n) is 5.46. The smallest absolute Gasteiger partial charge is 0.196 e. The first kappa shape index (κ1) is 13.4. The predicted molar refractivity (Wildman–Crippen MR) is 72.2 cm³/mol. The lowest BCUT2D eigenvalue weighted by atomic mass is 10.0. The molecule has 0 aliphatic heterocycles. The highest BCUT2D eigenvalue weighted by atomic mass is 35.5. The predicted octanol–water partition coefficient (Wildman–Crippen LogP) is 3.30. The number of ketones is 1. The zero-order valence-electron chi connectivity index (χ0n) is 10.1. The third-order valence-electron chi connectivity index (χ3n) is 2.67. The lowest BCUT2D eigenvalue weighted by Crippen LogP contribution is -2.05. The molecule has 0 fully saturated rings. The van der Waals surface area contributed by atoms with Gasteiger partial charge in [0, 0.05) is 10.6 Å². The van der Waals surface area contributed by atoms with Crippen molar-refractivity contribution in [3.63, 3.8) is 0 Å². The van der Waals surface area contributed by atoms with Gasteiger partial charge in [-0.3, -0.25) is 4.79 Å². The molecule has 0 radical (unpaired) electrons. The summed E-state index contributed by atoms with van der Waals surface area (Å²) in [4.78, 5) is 12.3. The van der Waals surface area contributed by atoms with Gasteiger partial charge in [-0.1, -0.05) is 11.6 Å². The lowest BCUT2D eigenvalue weighted by molar-refractivity contribution is 0.103. The average molecular weight is 280 g/mol. The Balaban J connectivity index is 2.49. The summed E-state index contributed by atoms with van der Waals surface area (Å²) in [5, 5.41) is 0.403. The summed E-state index contributed by atoms with van der Waals surface area (Å²) in [6, 6.07) is 8.58. The quantitative estimate of drug-likeness (QED) is 0.693. The molecule has 0 bridgehead atoms. The first-order chi connectivity index (χ1) is 9.02. The maximum Gasteiger partial charge on any atom is 0.196 e. The van der Waals surface area contributed by atoms with E-state index in [1.54, 1.807) is 12.1 Å². The van der Waals surface area contributed by atoms with Crippen LogP contribution in [0.5, 0.6) is 5.75 Å². The van der Waals surface area contributed by atoms with Crippen LogP contribution < -0.4 is 10.5 Å². The second kappa shape index (κ2) is 5.28. The fourth-order valence-corrected chi connectivity index (χ4v) is 1.85. The molecule has 2 aromatic carbocycles. The van der Waals surface area contributed by atoms with E-state index in [1.807, 2.05) is 0 Å². The Morgan fingerprint density at radius 2 is 2.00 bits per heavy atom. The SMILES string of the molecule is COc1ccc(Cl)cc1C(=O)c1ccc(N)c(F)c1. The van der Waals surface area contributed by atoms with Crippen molar-refractivity contribution >= 4 is 23.1 Å². The van der Waals surface area contributed by atoms with E-state index in [1.165, 1.54) is 25.3 Å². The van der Waals surface area contributed by atoms with Crippen LogP contribution in [0.4, 0.5) is 10.1 Å². The first-order valence-corrected chi connectivity index (χ1v) is 5.84. The number of carbonyl (C=O) groups is 1. The summed E-state index contributed by atoms with van der Waals surface area (Å²) < 4.78 is 18.5. The topological polar surface area (TPSA) is 52.3 Å². The Hall–Kier alpha value is -2.07. The summed E-state index contributed by atoms with van der Waals surface area (Å²) in [5.74, 6) is -0.628. The standard InChI is InChI=1S/C14H11ClFNO2/c1-19-13-5-3-9(15)7-10(13)14(18)8-2-4-12(17)11(16)6-8/h2-7H,17H2,1H3. The Morgan fingerprint density at radius 3 is 2.63 bits per heavy atom. The maximum atomic E-state index is 13.4. The van der Waals surface area contributed by atoms with Gasteiger partial charge in [-0.2, -0.15) is 0 Å². The maximum absolute atomic E-state index is 13.4. The van der Waals surface area contributed by atoms with Crippen molar-refractivity contribution in [1.82, 2.24) is 0 Å². The molecule has 0 unspecified atom stereocenters. The number of rotatable bonds is 3. The van der Waals surface area contributed by atoms with Crippen LogP contribution >= 0.6 is 11.6 Å². The molecule has 0 atom stereocenters. The molecule has 5 heteroatoms. The Bertz CT molecular complexity index is 643. The van der Waals surface area contributed by atoms with Crippen molar-refractivity contribution in [3.05, 3.63) is 58.4 Å². The number of anilines is 1. The number of nitrogen functional groups attached to an aromatic ring is 1. The number of benzene rings is 2. The van der Waals surface area contributed by atoms with Crippen LogP contribution in [0.25, 0.3) is 0 Å². The highest BCUT2D eigenvalue weighted by Crippen LogP contribution is 2.26. The number of halogens is 2. The van der Waals surface area contributed by atoms with Gasteiger partial charge in [0.2, 0.25) is 0 Å². The van der Waals surface area contributed by atoms with E-state index in [-0.39, 0.29) is 22.6 Å². The van der Waals surface area contributed by atoms with E-state index in [2.05, 4.69) is 0 Å². The van der Waals surface area contributed by atoms with Crippen molar-refractivity contribution in [2.75, 3.05) is 12.8 Å². The Morgan fingerprint density at radius 1 is 1.26 bits per heavy atom. The van der Waals surface area contributed by atoms with Gasteiger partial charge in [-0.05, 0) is 36.4 Å². The van der Waals surface area contributed by atoms with Crippen LogP contribution in [0.1, 0.15) is 15.9 Å². The molecule has 0 aliphatic carbocycles. The molecule has 0 aromatic heterocycles. The molecule has 98 valence electrons. The van der Waals surface area contributed by atoms with Gasteiger partial charge in [-0.15, -0.1) is 0 Å². The molecule has 0 amide bonds. The van der Waals surface area contributed by atoms with Crippen LogP contribution in [0.15, 0.2) is 36.4 Å². The monoisotopic (exact) mass is 279 g/mol. The van der Waals surface area contributed by atoms with Crippen LogP contribution in [-0.4, -0.2) is 12.9 Å². The molecule has 0 saturated carbocycles. The molecule has 3 nitrogen and oxygen atoms in total. The summed E-state index contributed by atoms with van der Waals surface area (Å²) in [6.07, 6.45) is 0. The minimum atomic E-state index is -0.633. The Kier molecular flexibility index (Phi) is 3.71. The molecule has 0 spiro atoms. The largest absolute Gasteiger partial charge is 0.496 e. The highest BCUT2D eigenvalue weighted by Gasteiger charge is 2.16. The third-order valence-corrected chi connectivity index (χ3v) is 2.90. The normalized spacial score (nSPS) is 10.3. The average Bonchev–Trinajstić information content (AvgIpc) is 2.41. The van der Waals surface area contributed by atoms with Crippen molar-refractivity contribution in [1.29, 1.82) is 0 Å². The van der Waals surface area contributed by atoms with E-state index in [0.717, 1.165) is 6.07 Å². The van der Waals surface area contributed by atoms with Gasteiger partial charge in [0.25, 0.3) is 0 Å². The van der Waals surface area contributed by atoms with Crippen LogP contribution in [0.3, 0.4) is 0 Å². The minimum absolute atomic E-state index is 0.00499. The Labute approximate surface area is 114 Å². The molecule has 0 aliphatic rings. The molecular formula is C14H11ClFNO2. The van der Waals surface area contributed by atoms with Crippen LogP contribution in [0, 0.1) is 5.82 Å². The molecule has 0 saturated heterocycles. The van der Waals surface area contributed by atoms with Crippen molar-refractivity contribution < 1.29 is 13.9 Å². The van der Waals surface area contributed by atoms with Gasteiger partial charge >= 0.3 is 0 Å². The minimum Gasteiger partial charge on any atom is -0.496 e. The summed E-state index contributed by atoms with van der Waals surface area (Å²) in [7, 11) is 1.45. The number of nitrogens with two attached hydrogens (primary N) is 1. The lowest BCUT2D eigenvalue weighted by Gasteiger charge is -2.08. The number of ether oxygens (including phenoxy) is 1. The summed E-state index contributed by atoms with van der Waals surface area (Å²) in [6.45, 7) is 0. The van der Waals surface area contributed by atoms with Gasteiger partial charge in [0.15, 0.2) is 5.78 Å². The number of carbonyl (C=O) groups excluding carboxylic acids is 1. The van der Waals surface area contributed by atoms with Crippen molar-refractivity contribution in [3.8, 4) is 5.75 Å². The fraction of sp³-hybridized carbons (Fsp3) is 0.0714. The molecule has 2 aromatic rings. The van der Waals surface area contributed by atoms with Gasteiger partial charge in [-0.25, -0.2) is 4.39 Å². The molecule has 2 rings (SSSR count). The zero-order valence-corrected chi connectivity index (χ0v) is 10.9. The molecule has 0 heterocycles. The second-order valence-electron chi connectivity index (χ2n) is 3.91. The summed E-state index contributed by atoms with van der Waals surface area (Å²) in [5.41, 5.74) is 5.83. The highest BCUT2D eigenvalue weighted by molar-refractivity contribution is 6.31. The second-order valence-corrected chi connectivity index (χ2v) is 4.35. The van der Waals surface area contributed by atoms with E-state index in [0.29, 0.717) is 10.8 Å². The van der Waals surface area contributed by atoms with E-state index in [9.17, 15) is 9.18 Å². The van der Waals surface area contributed by atoms with Crippen LogP contribution in [-0.2, 0) is 0 Å². The van der Waals surface area contributed by atoms with Gasteiger partial charge in [0.05, 0.1) is 18.4 Å². The summed E-state index contributed by atoms with van der Waals surface area (Å²) >= 11 is 5.86. The molecule has 19 heavy (non-hydrogen) atoms. The van der Waals surface area contributed by atoms with E-state index >= 15 is 0 Å². The van der Waals surface area contributed by atoms with E-state index < -0.39 is 5.82 Å². The van der Waals surface area contributed by atoms with E-state index in [4.69, 9.17) is 22.1 Å².